The maximum absolute atomic E-state index is 12.2. The SMILES string of the molecule is CCc1ccc(C(=O)NNC(=O)[C@H](C)NC(=O)c2cccc([N+](=O)[O-])c2)cc1. The predicted molar refractivity (Wildman–Crippen MR) is 101 cm³/mol. The summed E-state index contributed by atoms with van der Waals surface area (Å²) in [6.45, 7) is 3.42. The molecule has 0 unspecified atom stereocenters. The van der Waals surface area contributed by atoms with Crippen molar-refractivity contribution in [2.75, 3.05) is 0 Å². The molecule has 0 saturated heterocycles. The number of nitrogens with one attached hydrogen (secondary N) is 3. The van der Waals surface area contributed by atoms with Gasteiger partial charge in [0.2, 0.25) is 0 Å². The summed E-state index contributed by atoms with van der Waals surface area (Å²) in [4.78, 5) is 46.4. The molecule has 0 spiro atoms. The molecule has 0 aliphatic rings. The Labute approximate surface area is 161 Å². The largest absolute Gasteiger partial charge is 0.340 e. The van der Waals surface area contributed by atoms with Gasteiger partial charge in [0.25, 0.3) is 23.4 Å². The molecule has 9 heteroatoms. The molecular weight excluding hydrogens is 364 g/mol. The minimum Gasteiger partial charge on any atom is -0.340 e. The van der Waals surface area contributed by atoms with Crippen LogP contribution >= 0.6 is 0 Å². The third kappa shape index (κ3) is 5.37. The van der Waals surface area contributed by atoms with Crippen LogP contribution in [0.2, 0.25) is 0 Å². The van der Waals surface area contributed by atoms with Gasteiger partial charge in [0.15, 0.2) is 0 Å². The molecule has 0 aliphatic carbocycles. The first-order valence-corrected chi connectivity index (χ1v) is 8.56. The molecule has 0 bridgehead atoms. The lowest BCUT2D eigenvalue weighted by Crippen LogP contribution is -2.51. The maximum atomic E-state index is 12.2. The highest BCUT2D eigenvalue weighted by molar-refractivity contribution is 5.99. The fourth-order valence-corrected chi connectivity index (χ4v) is 2.30. The van der Waals surface area contributed by atoms with Gasteiger partial charge >= 0.3 is 0 Å². The number of hydrazine groups is 1. The van der Waals surface area contributed by atoms with E-state index in [1.54, 1.807) is 12.1 Å². The Balaban J connectivity index is 1.89. The van der Waals surface area contributed by atoms with Gasteiger partial charge in [0.1, 0.15) is 6.04 Å². The van der Waals surface area contributed by atoms with E-state index in [4.69, 9.17) is 0 Å². The van der Waals surface area contributed by atoms with Crippen molar-refractivity contribution in [2.24, 2.45) is 0 Å². The summed E-state index contributed by atoms with van der Waals surface area (Å²) in [7, 11) is 0. The van der Waals surface area contributed by atoms with Crippen LogP contribution in [0.5, 0.6) is 0 Å². The molecule has 2 rings (SSSR count). The van der Waals surface area contributed by atoms with Gasteiger partial charge < -0.3 is 5.32 Å². The van der Waals surface area contributed by atoms with Gasteiger partial charge in [-0.3, -0.25) is 35.3 Å². The van der Waals surface area contributed by atoms with Crippen LogP contribution in [0.1, 0.15) is 40.1 Å². The van der Waals surface area contributed by atoms with Crippen LogP contribution in [0.15, 0.2) is 48.5 Å². The number of carbonyl (C=O) groups excluding carboxylic acids is 3. The Bertz CT molecular complexity index is 895. The van der Waals surface area contributed by atoms with Gasteiger partial charge in [-0.1, -0.05) is 25.1 Å². The summed E-state index contributed by atoms with van der Waals surface area (Å²) in [6, 6.07) is 11.1. The molecule has 146 valence electrons. The van der Waals surface area contributed by atoms with Crippen molar-refractivity contribution in [2.45, 2.75) is 26.3 Å². The second kappa shape index (κ2) is 9.26. The van der Waals surface area contributed by atoms with Crippen molar-refractivity contribution in [3.05, 3.63) is 75.3 Å². The van der Waals surface area contributed by atoms with Crippen molar-refractivity contribution >= 4 is 23.4 Å². The molecule has 0 radical (unpaired) electrons. The van der Waals surface area contributed by atoms with Crippen LogP contribution in [0.3, 0.4) is 0 Å². The molecule has 2 aromatic rings. The molecule has 3 N–H and O–H groups in total. The molecule has 0 aromatic heterocycles. The Morgan fingerprint density at radius 3 is 2.29 bits per heavy atom. The number of nitrogens with zero attached hydrogens (tertiary/aromatic N) is 1. The van der Waals surface area contributed by atoms with Gasteiger partial charge in [-0.15, -0.1) is 0 Å². The number of amides is 3. The van der Waals surface area contributed by atoms with Crippen molar-refractivity contribution in [1.82, 2.24) is 16.2 Å². The van der Waals surface area contributed by atoms with Crippen molar-refractivity contribution in [3.63, 3.8) is 0 Å². The second-order valence-corrected chi connectivity index (χ2v) is 6.00. The molecule has 2 aromatic carbocycles. The molecule has 28 heavy (non-hydrogen) atoms. The summed E-state index contributed by atoms with van der Waals surface area (Å²) in [5.74, 6) is -1.78. The first kappa shape index (κ1) is 20.6. The van der Waals surface area contributed by atoms with Crippen molar-refractivity contribution in [3.8, 4) is 0 Å². The fraction of sp³-hybridized carbons (Fsp3) is 0.211. The molecule has 3 amide bonds. The average molecular weight is 384 g/mol. The third-order valence-corrected chi connectivity index (χ3v) is 3.98. The molecule has 0 fully saturated rings. The van der Waals surface area contributed by atoms with Gasteiger partial charge in [0.05, 0.1) is 4.92 Å². The quantitative estimate of drug-likeness (QED) is 0.516. The van der Waals surface area contributed by atoms with Crippen LogP contribution in [-0.2, 0) is 11.2 Å². The van der Waals surface area contributed by atoms with E-state index in [-0.39, 0.29) is 11.3 Å². The predicted octanol–water partition coefficient (Wildman–Crippen LogP) is 1.74. The number of rotatable bonds is 6. The van der Waals surface area contributed by atoms with Crippen LogP contribution in [-0.4, -0.2) is 28.7 Å². The fourth-order valence-electron chi connectivity index (χ4n) is 2.30. The minimum absolute atomic E-state index is 0.0499. The Morgan fingerprint density at radius 2 is 1.68 bits per heavy atom. The summed E-state index contributed by atoms with van der Waals surface area (Å²) in [6.07, 6.45) is 0.848. The van der Waals surface area contributed by atoms with E-state index >= 15 is 0 Å². The lowest BCUT2D eigenvalue weighted by atomic mass is 10.1. The number of hydrogen-bond donors (Lipinski definition) is 3. The Morgan fingerprint density at radius 1 is 1.00 bits per heavy atom. The number of nitro groups is 1. The number of carbonyl (C=O) groups is 3. The van der Waals surface area contributed by atoms with Gasteiger partial charge in [-0.2, -0.15) is 0 Å². The molecule has 0 heterocycles. The van der Waals surface area contributed by atoms with Crippen molar-refractivity contribution in [1.29, 1.82) is 0 Å². The highest BCUT2D eigenvalue weighted by Crippen LogP contribution is 2.13. The van der Waals surface area contributed by atoms with Crippen LogP contribution in [0, 0.1) is 10.1 Å². The van der Waals surface area contributed by atoms with E-state index in [0.29, 0.717) is 5.56 Å². The van der Waals surface area contributed by atoms with Gasteiger partial charge in [-0.25, -0.2) is 0 Å². The highest BCUT2D eigenvalue weighted by atomic mass is 16.6. The van der Waals surface area contributed by atoms with Crippen molar-refractivity contribution < 1.29 is 19.3 Å². The number of aryl methyl sites for hydroxylation is 1. The van der Waals surface area contributed by atoms with E-state index in [2.05, 4.69) is 16.2 Å². The van der Waals surface area contributed by atoms with Crippen LogP contribution < -0.4 is 16.2 Å². The molecule has 0 aliphatic heterocycles. The van der Waals surface area contributed by atoms with Crippen LogP contribution in [0.25, 0.3) is 0 Å². The number of non-ortho nitro benzene ring substituents is 1. The van der Waals surface area contributed by atoms with E-state index < -0.39 is 28.7 Å². The monoisotopic (exact) mass is 384 g/mol. The Kier molecular flexibility index (Phi) is 6.80. The number of hydrogen-bond acceptors (Lipinski definition) is 5. The number of nitro benzene ring substituents is 1. The first-order chi connectivity index (χ1) is 13.3. The third-order valence-electron chi connectivity index (χ3n) is 3.98. The molecule has 1 atom stereocenters. The van der Waals surface area contributed by atoms with E-state index in [9.17, 15) is 24.5 Å². The second-order valence-electron chi connectivity index (χ2n) is 6.00. The van der Waals surface area contributed by atoms with E-state index in [1.807, 2.05) is 19.1 Å². The van der Waals surface area contributed by atoms with Crippen LogP contribution in [0.4, 0.5) is 5.69 Å². The summed E-state index contributed by atoms with van der Waals surface area (Å²) < 4.78 is 0. The van der Waals surface area contributed by atoms with E-state index in [0.717, 1.165) is 18.1 Å². The average Bonchev–Trinajstić information content (AvgIpc) is 2.71. The summed E-state index contributed by atoms with van der Waals surface area (Å²) >= 11 is 0. The lowest BCUT2D eigenvalue weighted by molar-refractivity contribution is -0.384. The zero-order chi connectivity index (χ0) is 20.7. The first-order valence-electron chi connectivity index (χ1n) is 8.56. The molecular formula is C19H20N4O5. The minimum atomic E-state index is -0.977. The summed E-state index contributed by atoms with van der Waals surface area (Å²) in [5.41, 5.74) is 5.79. The smallest absolute Gasteiger partial charge is 0.270 e. The lowest BCUT2D eigenvalue weighted by Gasteiger charge is -2.14. The van der Waals surface area contributed by atoms with E-state index in [1.165, 1.54) is 25.1 Å². The van der Waals surface area contributed by atoms with Gasteiger partial charge in [-0.05, 0) is 37.1 Å². The number of benzene rings is 2. The molecule has 0 saturated carbocycles. The maximum Gasteiger partial charge on any atom is 0.270 e. The summed E-state index contributed by atoms with van der Waals surface area (Å²) in [5, 5.41) is 13.2. The zero-order valence-corrected chi connectivity index (χ0v) is 15.4. The Hall–Kier alpha value is -3.75. The standard InChI is InChI=1S/C19H20N4O5/c1-3-13-7-9-14(10-8-13)19(26)22-21-17(24)12(2)20-18(25)15-5-4-6-16(11-15)23(27)28/h4-12H,3H2,1-2H3,(H,20,25)(H,21,24)(H,22,26)/t12-/m0/s1. The zero-order valence-electron chi connectivity index (χ0n) is 15.4. The molecule has 9 nitrogen and oxygen atoms in total. The van der Waals surface area contributed by atoms with Gasteiger partial charge in [0, 0.05) is 23.3 Å². The topological polar surface area (TPSA) is 130 Å². The normalized spacial score (nSPS) is 11.2. The highest BCUT2D eigenvalue weighted by Gasteiger charge is 2.19.